The van der Waals surface area contributed by atoms with Gasteiger partial charge in [-0.3, -0.25) is 4.79 Å². The van der Waals surface area contributed by atoms with Crippen LogP contribution in [0.5, 0.6) is 0 Å². The zero-order chi connectivity index (χ0) is 12.7. The van der Waals surface area contributed by atoms with Crippen LogP contribution in [0.25, 0.3) is 0 Å². The van der Waals surface area contributed by atoms with E-state index in [4.69, 9.17) is 5.26 Å². The maximum absolute atomic E-state index is 11.8. The fourth-order valence-electron chi connectivity index (χ4n) is 1.87. The summed E-state index contributed by atoms with van der Waals surface area (Å²) in [6, 6.07) is 1.78. The van der Waals surface area contributed by atoms with E-state index in [1.54, 1.807) is 11.0 Å². The maximum atomic E-state index is 11.8. The predicted molar refractivity (Wildman–Crippen MR) is 63.9 cm³/mol. The molecule has 0 N–H and O–H groups in total. The molecule has 1 amide bonds. The monoisotopic (exact) mass is 258 g/mol. The molecule has 0 aromatic heterocycles. The van der Waals surface area contributed by atoms with Crippen molar-refractivity contribution < 1.29 is 13.2 Å². The van der Waals surface area contributed by atoms with E-state index in [9.17, 15) is 13.2 Å². The Morgan fingerprint density at radius 1 is 1.18 bits per heavy atom. The fraction of sp³-hybridized carbons (Fsp3) is 0.818. The van der Waals surface area contributed by atoms with Crippen LogP contribution >= 0.6 is 0 Å². The highest BCUT2D eigenvalue weighted by atomic mass is 32.2. The number of carbonyl (C=O) groups excluding carboxylic acids is 1. The van der Waals surface area contributed by atoms with Crippen molar-refractivity contribution in [3.63, 3.8) is 0 Å². The molecule has 1 aliphatic rings. The highest BCUT2D eigenvalue weighted by Gasteiger charge is 2.22. The third kappa shape index (κ3) is 5.18. The first-order chi connectivity index (χ1) is 8.05. The molecule has 0 saturated carbocycles. The number of carbonyl (C=O) groups is 1. The Morgan fingerprint density at radius 2 is 1.76 bits per heavy atom. The summed E-state index contributed by atoms with van der Waals surface area (Å²) in [6.07, 6.45) is 4.06. The molecule has 0 aromatic rings. The second-order valence-electron chi connectivity index (χ2n) is 4.30. The second kappa shape index (κ2) is 6.60. The van der Waals surface area contributed by atoms with Gasteiger partial charge in [0.25, 0.3) is 0 Å². The molecule has 1 fully saturated rings. The molecular formula is C11H18N2O3S. The molecule has 1 saturated heterocycles. The summed E-state index contributed by atoms with van der Waals surface area (Å²) in [7, 11) is -3.42. The smallest absolute Gasteiger partial charge is 0.237 e. The third-order valence-electron chi connectivity index (χ3n) is 2.83. The molecule has 0 unspecified atom stereocenters. The second-order valence-corrected chi connectivity index (χ2v) is 6.48. The van der Waals surface area contributed by atoms with Gasteiger partial charge in [-0.25, -0.2) is 8.42 Å². The van der Waals surface area contributed by atoms with Crippen LogP contribution in [0.1, 0.15) is 32.1 Å². The van der Waals surface area contributed by atoms with E-state index in [0.29, 0.717) is 13.1 Å². The van der Waals surface area contributed by atoms with Crippen LogP contribution in [-0.2, 0) is 14.6 Å². The molecule has 5 nitrogen and oxygen atoms in total. The van der Waals surface area contributed by atoms with Gasteiger partial charge in [-0.1, -0.05) is 12.8 Å². The Balaban J connectivity index is 2.50. The van der Waals surface area contributed by atoms with Crippen molar-refractivity contribution in [1.29, 1.82) is 5.26 Å². The van der Waals surface area contributed by atoms with Crippen LogP contribution in [0, 0.1) is 11.3 Å². The fourth-order valence-corrected chi connectivity index (χ4v) is 2.98. The molecule has 0 aromatic carbocycles. The lowest BCUT2D eigenvalue weighted by atomic mass is 10.2. The summed E-state index contributed by atoms with van der Waals surface area (Å²) >= 11 is 0. The van der Waals surface area contributed by atoms with Crippen molar-refractivity contribution in [3.05, 3.63) is 0 Å². The molecule has 0 aliphatic carbocycles. The summed E-state index contributed by atoms with van der Waals surface area (Å²) in [4.78, 5) is 13.4. The van der Waals surface area contributed by atoms with Gasteiger partial charge in [0.05, 0.1) is 11.8 Å². The number of likely N-dealkylation sites (tertiary alicyclic amines) is 1. The van der Waals surface area contributed by atoms with Crippen molar-refractivity contribution in [2.75, 3.05) is 24.6 Å². The zero-order valence-electron chi connectivity index (χ0n) is 9.89. The lowest BCUT2D eigenvalue weighted by Gasteiger charge is -2.19. The molecule has 0 spiro atoms. The molecular weight excluding hydrogens is 240 g/mol. The topological polar surface area (TPSA) is 78.2 Å². The Hall–Kier alpha value is -1.09. The van der Waals surface area contributed by atoms with Crippen molar-refractivity contribution in [3.8, 4) is 6.07 Å². The lowest BCUT2D eigenvalue weighted by Crippen LogP contribution is -2.36. The van der Waals surface area contributed by atoms with Crippen molar-refractivity contribution in [2.24, 2.45) is 0 Å². The average molecular weight is 258 g/mol. The number of amides is 1. The summed E-state index contributed by atoms with van der Waals surface area (Å²) < 4.78 is 23.1. The van der Waals surface area contributed by atoms with Crippen LogP contribution in [0.2, 0.25) is 0 Å². The summed E-state index contributed by atoms with van der Waals surface area (Å²) in [5.74, 6) is -0.984. The summed E-state index contributed by atoms with van der Waals surface area (Å²) in [5, 5.41) is 8.34. The van der Waals surface area contributed by atoms with E-state index in [1.165, 1.54) is 0 Å². The number of hydrogen-bond acceptors (Lipinski definition) is 4. The Labute approximate surface area is 102 Å². The summed E-state index contributed by atoms with van der Waals surface area (Å²) in [5.41, 5.74) is 0. The van der Waals surface area contributed by atoms with Gasteiger partial charge in [0.15, 0.2) is 9.84 Å². The van der Waals surface area contributed by atoms with Gasteiger partial charge < -0.3 is 4.90 Å². The van der Waals surface area contributed by atoms with Gasteiger partial charge in [0, 0.05) is 19.5 Å². The van der Waals surface area contributed by atoms with Gasteiger partial charge in [0.2, 0.25) is 5.91 Å². The Morgan fingerprint density at radius 3 is 2.29 bits per heavy atom. The molecule has 1 aliphatic heterocycles. The van der Waals surface area contributed by atoms with Crippen molar-refractivity contribution in [2.45, 2.75) is 32.1 Å². The quantitative estimate of drug-likeness (QED) is 0.744. The van der Waals surface area contributed by atoms with Crippen LogP contribution in [-0.4, -0.2) is 43.8 Å². The van der Waals surface area contributed by atoms with E-state index in [2.05, 4.69) is 0 Å². The van der Waals surface area contributed by atoms with E-state index in [-0.39, 0.29) is 18.1 Å². The summed E-state index contributed by atoms with van der Waals surface area (Å²) in [6.45, 7) is 1.32. The molecule has 1 rings (SSSR count). The number of rotatable bonds is 4. The van der Waals surface area contributed by atoms with Crippen LogP contribution in [0.4, 0.5) is 0 Å². The standard InChI is InChI=1S/C11H18N2O3S/c12-6-5-9-17(15,16)10-11(14)13-7-3-1-2-4-8-13/h1-5,7-10H2. The van der Waals surface area contributed by atoms with E-state index in [1.807, 2.05) is 0 Å². The van der Waals surface area contributed by atoms with Crippen LogP contribution in [0.15, 0.2) is 0 Å². The van der Waals surface area contributed by atoms with E-state index >= 15 is 0 Å². The minimum absolute atomic E-state index is 0.0460. The number of hydrogen-bond donors (Lipinski definition) is 0. The van der Waals surface area contributed by atoms with Gasteiger partial charge in [-0.15, -0.1) is 0 Å². The molecule has 0 bridgehead atoms. The highest BCUT2D eigenvalue weighted by molar-refractivity contribution is 7.92. The number of nitriles is 1. The normalized spacial score (nSPS) is 17.2. The molecule has 6 heteroatoms. The Kier molecular flexibility index (Phi) is 5.42. The lowest BCUT2D eigenvalue weighted by molar-refractivity contribution is -0.128. The maximum Gasteiger partial charge on any atom is 0.237 e. The van der Waals surface area contributed by atoms with Gasteiger partial charge >= 0.3 is 0 Å². The van der Waals surface area contributed by atoms with Crippen molar-refractivity contribution >= 4 is 15.7 Å². The first-order valence-corrected chi connectivity index (χ1v) is 7.72. The zero-order valence-corrected chi connectivity index (χ0v) is 10.7. The van der Waals surface area contributed by atoms with Gasteiger partial charge in [0.1, 0.15) is 5.75 Å². The first-order valence-electron chi connectivity index (χ1n) is 5.90. The molecule has 17 heavy (non-hydrogen) atoms. The van der Waals surface area contributed by atoms with E-state index in [0.717, 1.165) is 25.7 Å². The number of nitrogens with zero attached hydrogens (tertiary/aromatic N) is 2. The minimum Gasteiger partial charge on any atom is -0.342 e. The third-order valence-corrected chi connectivity index (χ3v) is 4.34. The average Bonchev–Trinajstić information content (AvgIpc) is 2.54. The van der Waals surface area contributed by atoms with E-state index < -0.39 is 15.6 Å². The largest absolute Gasteiger partial charge is 0.342 e. The SMILES string of the molecule is N#CCCS(=O)(=O)CC(=O)N1CCCCCC1. The minimum atomic E-state index is -3.42. The van der Waals surface area contributed by atoms with Gasteiger partial charge in [-0.05, 0) is 12.8 Å². The highest BCUT2D eigenvalue weighted by Crippen LogP contribution is 2.10. The molecule has 1 heterocycles. The van der Waals surface area contributed by atoms with Crippen molar-refractivity contribution in [1.82, 2.24) is 4.90 Å². The van der Waals surface area contributed by atoms with Gasteiger partial charge in [-0.2, -0.15) is 5.26 Å². The molecule has 0 radical (unpaired) electrons. The number of sulfone groups is 1. The predicted octanol–water partition coefficient (Wildman–Crippen LogP) is 0.717. The van der Waals surface area contributed by atoms with Crippen LogP contribution in [0.3, 0.4) is 0 Å². The Bertz CT molecular complexity index is 389. The molecule has 96 valence electrons. The van der Waals surface area contributed by atoms with Crippen LogP contribution < -0.4 is 0 Å². The molecule has 0 atom stereocenters. The first kappa shape index (κ1) is 14.0.